The smallest absolute Gasteiger partial charge is 0.307 e. The quantitative estimate of drug-likeness (QED) is 0.620. The van der Waals surface area contributed by atoms with Gasteiger partial charge in [0.15, 0.2) is 0 Å². The summed E-state index contributed by atoms with van der Waals surface area (Å²) in [7, 11) is 0. The topological polar surface area (TPSA) is 37.3 Å². The van der Waals surface area contributed by atoms with Crippen molar-refractivity contribution in [1.29, 1.82) is 0 Å². The number of aliphatic carboxylic acids is 1. The third-order valence-electron chi connectivity index (χ3n) is 2.06. The summed E-state index contributed by atoms with van der Waals surface area (Å²) in [5.74, 6) is -0.719. The van der Waals surface area contributed by atoms with Gasteiger partial charge in [0.25, 0.3) is 0 Å². The summed E-state index contributed by atoms with van der Waals surface area (Å²) < 4.78 is 0. The van der Waals surface area contributed by atoms with E-state index in [9.17, 15) is 4.79 Å². The maximum absolute atomic E-state index is 10.2. The van der Waals surface area contributed by atoms with Crippen molar-refractivity contribution in [3.05, 3.63) is 11.6 Å². The molecule has 1 fully saturated rings. The lowest BCUT2D eigenvalue weighted by molar-refractivity contribution is -0.136. The van der Waals surface area contributed by atoms with E-state index < -0.39 is 5.97 Å². The lowest BCUT2D eigenvalue weighted by Crippen LogP contribution is -1.96. The van der Waals surface area contributed by atoms with Crippen LogP contribution >= 0.6 is 0 Å². The van der Waals surface area contributed by atoms with Gasteiger partial charge in [-0.3, -0.25) is 4.79 Å². The number of hydrogen-bond acceptors (Lipinski definition) is 1. The van der Waals surface area contributed by atoms with E-state index >= 15 is 0 Å². The highest BCUT2D eigenvalue weighted by molar-refractivity contribution is 5.68. The molecular weight excluding hydrogens is 140 g/mol. The molecule has 0 unspecified atom stereocenters. The molecule has 11 heavy (non-hydrogen) atoms. The molecule has 1 rings (SSSR count). The van der Waals surface area contributed by atoms with Gasteiger partial charge in [-0.2, -0.15) is 0 Å². The molecule has 0 aromatic rings. The first kappa shape index (κ1) is 8.31. The number of carboxylic acids is 1. The molecule has 0 heterocycles. The maximum atomic E-state index is 10.2. The monoisotopic (exact) mass is 154 g/mol. The molecule has 0 atom stereocenters. The number of allylic oxidation sites excluding steroid dienone is 1. The summed E-state index contributed by atoms with van der Waals surface area (Å²) in [6.45, 7) is 0. The Hall–Kier alpha value is -0.790. The zero-order valence-electron chi connectivity index (χ0n) is 6.68. The minimum Gasteiger partial charge on any atom is -0.481 e. The molecule has 1 saturated carbocycles. The van der Waals surface area contributed by atoms with E-state index in [1.807, 2.05) is 6.08 Å². The van der Waals surface area contributed by atoms with Crippen LogP contribution in [0, 0.1) is 0 Å². The second kappa shape index (κ2) is 4.16. The average Bonchev–Trinajstić information content (AvgIpc) is 2.03. The predicted molar refractivity (Wildman–Crippen MR) is 43.4 cm³/mol. The molecule has 2 heteroatoms. The fraction of sp³-hybridized carbons (Fsp3) is 0.667. The Labute approximate surface area is 66.9 Å². The number of hydrogen-bond donors (Lipinski definition) is 1. The van der Waals surface area contributed by atoms with Gasteiger partial charge >= 0.3 is 5.97 Å². The van der Waals surface area contributed by atoms with Crippen molar-refractivity contribution in [3.63, 3.8) is 0 Å². The summed E-state index contributed by atoms with van der Waals surface area (Å²) in [5, 5.41) is 8.40. The molecule has 0 spiro atoms. The van der Waals surface area contributed by atoms with Crippen LogP contribution in [0.1, 0.15) is 38.5 Å². The van der Waals surface area contributed by atoms with Gasteiger partial charge in [0, 0.05) is 0 Å². The summed E-state index contributed by atoms with van der Waals surface area (Å²) in [6, 6.07) is 0. The van der Waals surface area contributed by atoms with E-state index in [-0.39, 0.29) is 6.42 Å². The SMILES string of the molecule is O=C(O)CC=C1CCCCC1. The molecule has 2 nitrogen and oxygen atoms in total. The van der Waals surface area contributed by atoms with Crippen LogP contribution in [-0.4, -0.2) is 11.1 Å². The molecule has 62 valence electrons. The maximum Gasteiger partial charge on any atom is 0.307 e. The number of carbonyl (C=O) groups is 1. The third kappa shape index (κ3) is 3.21. The van der Waals surface area contributed by atoms with E-state index in [0.717, 1.165) is 12.8 Å². The Morgan fingerprint density at radius 2 is 2.00 bits per heavy atom. The first-order chi connectivity index (χ1) is 5.29. The fourth-order valence-electron chi connectivity index (χ4n) is 1.44. The fourth-order valence-corrected chi connectivity index (χ4v) is 1.44. The highest BCUT2D eigenvalue weighted by atomic mass is 16.4. The molecule has 1 N–H and O–H groups in total. The minimum atomic E-state index is -0.719. The first-order valence-corrected chi connectivity index (χ1v) is 4.19. The molecule has 1 aliphatic carbocycles. The molecule has 0 saturated heterocycles. The van der Waals surface area contributed by atoms with E-state index in [2.05, 4.69) is 0 Å². The van der Waals surface area contributed by atoms with Crippen LogP contribution in [-0.2, 0) is 4.79 Å². The van der Waals surface area contributed by atoms with Gasteiger partial charge in [0.2, 0.25) is 0 Å². The number of rotatable bonds is 2. The van der Waals surface area contributed by atoms with Gasteiger partial charge in [-0.25, -0.2) is 0 Å². The highest BCUT2D eigenvalue weighted by Crippen LogP contribution is 2.22. The zero-order chi connectivity index (χ0) is 8.10. The van der Waals surface area contributed by atoms with Crippen LogP contribution < -0.4 is 0 Å². The number of carboxylic acid groups (broad SMARTS) is 1. The Morgan fingerprint density at radius 3 is 2.55 bits per heavy atom. The molecule has 0 aromatic carbocycles. The highest BCUT2D eigenvalue weighted by Gasteiger charge is 2.04. The van der Waals surface area contributed by atoms with Gasteiger partial charge < -0.3 is 5.11 Å². The summed E-state index contributed by atoms with van der Waals surface area (Å²) >= 11 is 0. The van der Waals surface area contributed by atoms with Gasteiger partial charge in [0.1, 0.15) is 0 Å². The van der Waals surface area contributed by atoms with Crippen LogP contribution in [0.25, 0.3) is 0 Å². The van der Waals surface area contributed by atoms with E-state index in [4.69, 9.17) is 5.11 Å². The van der Waals surface area contributed by atoms with E-state index in [1.54, 1.807) is 0 Å². The van der Waals surface area contributed by atoms with Gasteiger partial charge in [-0.05, 0) is 25.7 Å². The van der Waals surface area contributed by atoms with Crippen molar-refractivity contribution in [1.82, 2.24) is 0 Å². The summed E-state index contributed by atoms with van der Waals surface area (Å²) in [6.07, 6.45) is 8.11. The van der Waals surface area contributed by atoms with Crippen molar-refractivity contribution in [2.24, 2.45) is 0 Å². The summed E-state index contributed by atoms with van der Waals surface area (Å²) in [4.78, 5) is 10.2. The molecule has 0 aliphatic heterocycles. The van der Waals surface area contributed by atoms with Crippen LogP contribution in [0.2, 0.25) is 0 Å². The third-order valence-corrected chi connectivity index (χ3v) is 2.06. The molecule has 1 aliphatic rings. The van der Waals surface area contributed by atoms with Gasteiger partial charge in [-0.15, -0.1) is 0 Å². The molecule has 0 radical (unpaired) electrons. The normalized spacial score (nSPS) is 18.0. The summed E-state index contributed by atoms with van der Waals surface area (Å²) in [5.41, 5.74) is 1.35. The van der Waals surface area contributed by atoms with Crippen molar-refractivity contribution in [3.8, 4) is 0 Å². The Kier molecular flexibility index (Phi) is 3.14. The lowest BCUT2D eigenvalue weighted by atomic mass is 9.94. The van der Waals surface area contributed by atoms with Crippen LogP contribution in [0.15, 0.2) is 11.6 Å². The van der Waals surface area contributed by atoms with Gasteiger partial charge in [0.05, 0.1) is 6.42 Å². The van der Waals surface area contributed by atoms with Crippen molar-refractivity contribution in [2.45, 2.75) is 38.5 Å². The van der Waals surface area contributed by atoms with Crippen molar-refractivity contribution in [2.75, 3.05) is 0 Å². The predicted octanol–water partition coefficient (Wildman–Crippen LogP) is 2.35. The van der Waals surface area contributed by atoms with Crippen LogP contribution in [0.4, 0.5) is 0 Å². The standard InChI is InChI=1S/C9H14O2/c10-9(11)7-6-8-4-2-1-3-5-8/h6H,1-5,7H2,(H,10,11). The molecule has 0 bridgehead atoms. The lowest BCUT2D eigenvalue weighted by Gasteiger charge is -2.12. The minimum absolute atomic E-state index is 0.204. The van der Waals surface area contributed by atoms with Crippen LogP contribution in [0.5, 0.6) is 0 Å². The Balaban J connectivity index is 2.32. The van der Waals surface area contributed by atoms with Crippen molar-refractivity contribution < 1.29 is 9.90 Å². The van der Waals surface area contributed by atoms with E-state index in [1.165, 1.54) is 24.8 Å². The van der Waals surface area contributed by atoms with E-state index in [0.29, 0.717) is 0 Å². The Bertz CT molecular complexity index is 162. The molecule has 0 aromatic heterocycles. The van der Waals surface area contributed by atoms with Gasteiger partial charge in [-0.1, -0.05) is 18.1 Å². The molecular formula is C9H14O2. The zero-order valence-corrected chi connectivity index (χ0v) is 6.68. The van der Waals surface area contributed by atoms with Crippen LogP contribution in [0.3, 0.4) is 0 Å². The second-order valence-corrected chi connectivity index (χ2v) is 3.02. The molecule has 0 amide bonds. The second-order valence-electron chi connectivity index (χ2n) is 3.02. The largest absolute Gasteiger partial charge is 0.481 e. The van der Waals surface area contributed by atoms with Crippen molar-refractivity contribution >= 4 is 5.97 Å². The Morgan fingerprint density at radius 1 is 1.36 bits per heavy atom. The average molecular weight is 154 g/mol. The first-order valence-electron chi connectivity index (χ1n) is 4.19.